The van der Waals surface area contributed by atoms with Gasteiger partial charge in [-0.25, -0.2) is 4.79 Å². The number of nitrogens with one attached hydrogen (secondary N) is 1. The Morgan fingerprint density at radius 1 is 1.08 bits per heavy atom. The van der Waals surface area contributed by atoms with Crippen molar-refractivity contribution in [3.63, 3.8) is 0 Å². The van der Waals surface area contributed by atoms with E-state index in [2.05, 4.69) is 5.32 Å². The lowest BCUT2D eigenvalue weighted by molar-refractivity contribution is -0.186. The standard InChI is InChI=1S/C25H31Cl2F3N2O4/c1-32(23(34)36-18-5-3-17(4-6-18)25(28,29)30)24(22(33)15-8-10-35-11-9-15)14-31-13-19(24)16-2-7-20(26)21(27)12-16/h2,7,12,15,17-19,31H,3-6,8-11,13-14H2,1H3/t17?,18?,19-,24+/m0/s1. The quantitative estimate of drug-likeness (QED) is 0.516. The summed E-state index contributed by atoms with van der Waals surface area (Å²) < 4.78 is 50.3. The van der Waals surface area contributed by atoms with Gasteiger partial charge in [0.15, 0.2) is 5.78 Å². The predicted molar refractivity (Wildman–Crippen MR) is 129 cm³/mol. The third-order valence-electron chi connectivity index (χ3n) is 7.96. The van der Waals surface area contributed by atoms with Crippen LogP contribution in [0.5, 0.6) is 0 Å². The van der Waals surface area contributed by atoms with E-state index in [9.17, 15) is 22.8 Å². The number of alkyl halides is 3. The van der Waals surface area contributed by atoms with Gasteiger partial charge in [-0.2, -0.15) is 13.2 Å². The van der Waals surface area contributed by atoms with E-state index in [-0.39, 0.29) is 43.9 Å². The molecule has 6 nitrogen and oxygen atoms in total. The van der Waals surface area contributed by atoms with Crippen molar-refractivity contribution in [3.8, 4) is 0 Å². The molecule has 1 aromatic rings. The molecule has 0 unspecified atom stereocenters. The molecule has 0 spiro atoms. The molecular weight excluding hydrogens is 520 g/mol. The van der Waals surface area contributed by atoms with Crippen molar-refractivity contribution in [2.75, 3.05) is 33.4 Å². The van der Waals surface area contributed by atoms with E-state index >= 15 is 0 Å². The van der Waals surface area contributed by atoms with Crippen molar-refractivity contribution in [1.29, 1.82) is 0 Å². The van der Waals surface area contributed by atoms with Crippen LogP contribution in [0.15, 0.2) is 18.2 Å². The van der Waals surface area contributed by atoms with E-state index in [0.29, 0.717) is 42.6 Å². The fourth-order valence-corrected chi connectivity index (χ4v) is 6.11. The van der Waals surface area contributed by atoms with E-state index < -0.39 is 35.7 Å². The highest BCUT2D eigenvalue weighted by atomic mass is 35.5. The number of Topliss-reactive ketones (excluding diaryl/α,β-unsaturated/α-hetero) is 1. The Labute approximate surface area is 218 Å². The first kappa shape index (κ1) is 27.5. The van der Waals surface area contributed by atoms with Crippen molar-refractivity contribution in [2.24, 2.45) is 11.8 Å². The summed E-state index contributed by atoms with van der Waals surface area (Å²) >= 11 is 12.4. The van der Waals surface area contributed by atoms with Gasteiger partial charge in [-0.1, -0.05) is 29.3 Å². The van der Waals surface area contributed by atoms with Gasteiger partial charge in [-0.05, 0) is 56.2 Å². The maximum Gasteiger partial charge on any atom is 0.410 e. The molecular formula is C25H31Cl2F3N2O4. The normalized spacial score (nSPS) is 29.7. The Bertz CT molecular complexity index is 965. The molecule has 3 aliphatic rings. The second-order valence-electron chi connectivity index (χ2n) is 9.99. The Morgan fingerprint density at radius 2 is 1.75 bits per heavy atom. The maximum absolute atomic E-state index is 14.1. The van der Waals surface area contributed by atoms with E-state index in [1.165, 1.54) is 4.90 Å². The number of rotatable bonds is 5. The van der Waals surface area contributed by atoms with Crippen LogP contribution < -0.4 is 5.32 Å². The van der Waals surface area contributed by atoms with E-state index in [1.807, 2.05) is 0 Å². The Hall–Kier alpha value is -1.55. The van der Waals surface area contributed by atoms with Crippen LogP contribution in [-0.4, -0.2) is 67.9 Å². The first-order valence-corrected chi connectivity index (χ1v) is 13.1. The van der Waals surface area contributed by atoms with Crippen LogP contribution in [0.3, 0.4) is 0 Å². The minimum Gasteiger partial charge on any atom is -0.446 e. The number of ketones is 1. The lowest BCUT2D eigenvalue weighted by atomic mass is 9.72. The number of carbonyl (C=O) groups is 2. The number of hydrogen-bond donors (Lipinski definition) is 1. The summed E-state index contributed by atoms with van der Waals surface area (Å²) in [5, 5.41) is 4.01. The molecule has 0 bridgehead atoms. The molecule has 1 amide bonds. The van der Waals surface area contributed by atoms with Crippen LogP contribution in [0.4, 0.5) is 18.0 Å². The van der Waals surface area contributed by atoms with Gasteiger partial charge in [0.05, 0.1) is 16.0 Å². The van der Waals surface area contributed by atoms with Crippen molar-refractivity contribution in [2.45, 2.75) is 62.3 Å². The smallest absolute Gasteiger partial charge is 0.410 e. The Morgan fingerprint density at radius 3 is 2.36 bits per heavy atom. The third kappa shape index (κ3) is 5.49. The van der Waals surface area contributed by atoms with Gasteiger partial charge in [0.2, 0.25) is 0 Å². The number of likely N-dealkylation sites (N-methyl/N-ethyl adjacent to an activating group) is 1. The summed E-state index contributed by atoms with van der Waals surface area (Å²) in [6.07, 6.45) is -4.34. The highest BCUT2D eigenvalue weighted by Gasteiger charge is 2.56. The lowest BCUT2D eigenvalue weighted by Gasteiger charge is -2.44. The second kappa shape index (κ2) is 11.1. The van der Waals surface area contributed by atoms with Gasteiger partial charge in [0.25, 0.3) is 0 Å². The molecule has 1 aliphatic carbocycles. The molecule has 0 radical (unpaired) electrons. The molecule has 2 heterocycles. The number of hydrogen-bond acceptors (Lipinski definition) is 5. The van der Waals surface area contributed by atoms with Crippen molar-refractivity contribution >= 4 is 35.1 Å². The van der Waals surface area contributed by atoms with Gasteiger partial charge in [0.1, 0.15) is 11.6 Å². The van der Waals surface area contributed by atoms with Gasteiger partial charge >= 0.3 is 12.3 Å². The molecule has 1 N–H and O–H groups in total. The second-order valence-corrected chi connectivity index (χ2v) is 10.8. The fraction of sp³-hybridized carbons (Fsp3) is 0.680. The molecule has 36 heavy (non-hydrogen) atoms. The van der Waals surface area contributed by atoms with E-state index in [1.54, 1.807) is 25.2 Å². The van der Waals surface area contributed by atoms with Gasteiger partial charge in [-0.15, -0.1) is 0 Å². The van der Waals surface area contributed by atoms with Gasteiger partial charge in [0, 0.05) is 45.2 Å². The van der Waals surface area contributed by atoms with E-state index in [4.69, 9.17) is 32.7 Å². The minimum absolute atomic E-state index is 0.0768. The first-order valence-electron chi connectivity index (χ1n) is 12.3. The third-order valence-corrected chi connectivity index (χ3v) is 8.70. The number of amides is 1. The molecule has 200 valence electrons. The van der Waals surface area contributed by atoms with Crippen LogP contribution in [0, 0.1) is 11.8 Å². The largest absolute Gasteiger partial charge is 0.446 e. The SMILES string of the molecule is CN(C(=O)OC1CCC(C(F)(F)F)CC1)[C@]1(C(=O)C2CCOCC2)CNC[C@H]1c1ccc(Cl)c(Cl)c1. The molecule has 11 heteroatoms. The number of carbonyl (C=O) groups excluding carboxylic acids is 2. The maximum atomic E-state index is 14.1. The first-order chi connectivity index (χ1) is 17.0. The van der Waals surface area contributed by atoms with Crippen molar-refractivity contribution < 1.29 is 32.2 Å². The summed E-state index contributed by atoms with van der Waals surface area (Å²) in [7, 11) is 1.54. The van der Waals surface area contributed by atoms with Crippen LogP contribution in [-0.2, 0) is 14.3 Å². The molecule has 3 fully saturated rings. The summed E-state index contributed by atoms with van der Waals surface area (Å²) in [5.41, 5.74) is -0.487. The molecule has 4 rings (SSSR count). The highest BCUT2D eigenvalue weighted by molar-refractivity contribution is 6.42. The lowest BCUT2D eigenvalue weighted by Crippen LogP contribution is -2.62. The molecule has 0 aromatic heterocycles. The number of nitrogens with zero attached hydrogens (tertiary/aromatic N) is 1. The predicted octanol–water partition coefficient (Wildman–Crippen LogP) is 5.60. The van der Waals surface area contributed by atoms with Crippen LogP contribution in [0.25, 0.3) is 0 Å². The minimum atomic E-state index is -4.24. The zero-order valence-electron chi connectivity index (χ0n) is 20.1. The number of ether oxygens (including phenoxy) is 2. The van der Waals surface area contributed by atoms with Crippen LogP contribution >= 0.6 is 23.2 Å². The highest BCUT2D eigenvalue weighted by Crippen LogP contribution is 2.43. The van der Waals surface area contributed by atoms with Crippen LogP contribution in [0.1, 0.15) is 50.0 Å². The zero-order valence-corrected chi connectivity index (χ0v) is 21.6. The number of benzene rings is 1. The molecule has 1 saturated carbocycles. The topological polar surface area (TPSA) is 67.9 Å². The van der Waals surface area contributed by atoms with E-state index in [0.717, 1.165) is 5.56 Å². The Balaban J connectivity index is 1.59. The fourth-order valence-electron chi connectivity index (χ4n) is 5.80. The molecule has 2 atom stereocenters. The summed E-state index contributed by atoms with van der Waals surface area (Å²) in [6, 6.07) is 5.18. The Kier molecular flexibility index (Phi) is 8.44. The monoisotopic (exact) mass is 550 g/mol. The molecule has 2 saturated heterocycles. The average Bonchev–Trinajstić information content (AvgIpc) is 3.31. The summed E-state index contributed by atoms with van der Waals surface area (Å²) in [5.74, 6) is -2.15. The van der Waals surface area contributed by atoms with Crippen molar-refractivity contribution in [1.82, 2.24) is 10.2 Å². The van der Waals surface area contributed by atoms with Crippen LogP contribution in [0.2, 0.25) is 10.0 Å². The molecule has 1 aromatic carbocycles. The zero-order chi connectivity index (χ0) is 26.1. The summed E-state index contributed by atoms with van der Waals surface area (Å²) in [4.78, 5) is 28.9. The summed E-state index contributed by atoms with van der Waals surface area (Å²) in [6.45, 7) is 1.59. The average molecular weight is 551 g/mol. The van der Waals surface area contributed by atoms with Gasteiger partial charge < -0.3 is 14.8 Å². The number of halogens is 5. The molecule has 2 aliphatic heterocycles. The van der Waals surface area contributed by atoms with Crippen molar-refractivity contribution in [3.05, 3.63) is 33.8 Å². The van der Waals surface area contributed by atoms with Gasteiger partial charge in [-0.3, -0.25) is 9.69 Å².